The minimum atomic E-state index is 0.390. The lowest BCUT2D eigenvalue weighted by atomic mass is 10.1. The minimum Gasteiger partial charge on any atom is -0.396 e. The molecular weight excluding hydrogens is 210 g/mol. The normalized spacial score (nSPS) is 11.1. The first-order chi connectivity index (χ1) is 8.09. The van der Waals surface area contributed by atoms with Crippen LogP contribution in [-0.4, -0.2) is 9.78 Å². The number of hydrogen-bond donors (Lipinski definition) is 1. The van der Waals surface area contributed by atoms with E-state index >= 15 is 0 Å². The predicted molar refractivity (Wildman–Crippen MR) is 71.0 cm³/mol. The molecule has 3 nitrogen and oxygen atoms in total. The molecule has 0 spiro atoms. The Balaban J connectivity index is 2.34. The van der Waals surface area contributed by atoms with Crippen molar-refractivity contribution in [2.45, 2.75) is 33.2 Å². The summed E-state index contributed by atoms with van der Waals surface area (Å²) in [6.07, 6.45) is 1.74. The fourth-order valence-corrected chi connectivity index (χ4v) is 2.12. The highest BCUT2D eigenvalue weighted by Crippen LogP contribution is 2.22. The first kappa shape index (κ1) is 11.7. The molecule has 3 heteroatoms. The maximum atomic E-state index is 5.95. The summed E-state index contributed by atoms with van der Waals surface area (Å²) in [5.74, 6) is 0.390. The molecule has 2 N–H and O–H groups in total. The number of anilines is 1. The zero-order valence-corrected chi connectivity index (χ0v) is 10.6. The lowest BCUT2D eigenvalue weighted by molar-refractivity contribution is 0.617. The van der Waals surface area contributed by atoms with Gasteiger partial charge in [0.05, 0.1) is 24.1 Å². The van der Waals surface area contributed by atoms with Crippen molar-refractivity contribution in [3.8, 4) is 0 Å². The topological polar surface area (TPSA) is 43.8 Å². The third-order valence-corrected chi connectivity index (χ3v) is 3.04. The summed E-state index contributed by atoms with van der Waals surface area (Å²) in [6.45, 7) is 7.19. The van der Waals surface area contributed by atoms with Gasteiger partial charge in [0.2, 0.25) is 0 Å². The van der Waals surface area contributed by atoms with Gasteiger partial charge in [-0.25, -0.2) is 0 Å². The molecule has 1 heterocycles. The molecular formula is C14H19N3. The summed E-state index contributed by atoms with van der Waals surface area (Å²) in [6, 6.07) is 8.37. The summed E-state index contributed by atoms with van der Waals surface area (Å²) in [5.41, 5.74) is 10.4. The Morgan fingerprint density at radius 3 is 2.65 bits per heavy atom. The van der Waals surface area contributed by atoms with Crippen LogP contribution >= 0.6 is 0 Å². The Labute approximate surface area is 102 Å². The van der Waals surface area contributed by atoms with E-state index in [1.54, 1.807) is 6.20 Å². The third kappa shape index (κ3) is 2.33. The van der Waals surface area contributed by atoms with Crippen molar-refractivity contribution in [1.82, 2.24) is 9.78 Å². The second-order valence-corrected chi connectivity index (χ2v) is 4.72. The fraction of sp³-hybridized carbons (Fsp3) is 0.357. The van der Waals surface area contributed by atoms with Gasteiger partial charge in [-0.1, -0.05) is 38.1 Å². The van der Waals surface area contributed by atoms with Crippen LogP contribution in [0.25, 0.3) is 0 Å². The predicted octanol–water partition coefficient (Wildman–Crippen LogP) is 2.95. The smallest absolute Gasteiger partial charge is 0.0735 e. The van der Waals surface area contributed by atoms with Crippen LogP contribution in [0.1, 0.15) is 36.6 Å². The van der Waals surface area contributed by atoms with Gasteiger partial charge in [0, 0.05) is 0 Å². The molecule has 0 bridgehead atoms. The zero-order chi connectivity index (χ0) is 12.4. The Hall–Kier alpha value is -1.77. The second kappa shape index (κ2) is 4.62. The van der Waals surface area contributed by atoms with E-state index in [-0.39, 0.29) is 0 Å². The van der Waals surface area contributed by atoms with Crippen LogP contribution in [0.3, 0.4) is 0 Å². The van der Waals surface area contributed by atoms with Gasteiger partial charge in [0.25, 0.3) is 0 Å². The quantitative estimate of drug-likeness (QED) is 0.879. The Morgan fingerprint density at radius 1 is 1.29 bits per heavy atom. The van der Waals surface area contributed by atoms with Crippen LogP contribution in [-0.2, 0) is 6.54 Å². The van der Waals surface area contributed by atoms with Crippen LogP contribution in [0.2, 0.25) is 0 Å². The van der Waals surface area contributed by atoms with Gasteiger partial charge < -0.3 is 5.73 Å². The third-order valence-electron chi connectivity index (χ3n) is 3.04. The molecule has 0 amide bonds. The zero-order valence-electron chi connectivity index (χ0n) is 10.6. The first-order valence-corrected chi connectivity index (χ1v) is 5.95. The summed E-state index contributed by atoms with van der Waals surface area (Å²) in [7, 11) is 0. The largest absolute Gasteiger partial charge is 0.396 e. The fourth-order valence-electron chi connectivity index (χ4n) is 2.12. The molecule has 0 fully saturated rings. The van der Waals surface area contributed by atoms with E-state index in [4.69, 9.17) is 5.73 Å². The van der Waals surface area contributed by atoms with Crippen LogP contribution in [0.4, 0.5) is 5.69 Å². The van der Waals surface area contributed by atoms with E-state index in [0.717, 1.165) is 17.9 Å². The van der Waals surface area contributed by atoms with Crippen molar-refractivity contribution < 1.29 is 0 Å². The lowest BCUT2D eigenvalue weighted by Gasteiger charge is -2.12. The van der Waals surface area contributed by atoms with Crippen molar-refractivity contribution in [2.75, 3.05) is 5.73 Å². The Bertz CT molecular complexity index is 512. The summed E-state index contributed by atoms with van der Waals surface area (Å²) < 4.78 is 2.00. The van der Waals surface area contributed by atoms with Crippen molar-refractivity contribution in [2.24, 2.45) is 0 Å². The molecule has 0 saturated heterocycles. The molecule has 0 atom stereocenters. The van der Waals surface area contributed by atoms with Crippen molar-refractivity contribution >= 4 is 5.69 Å². The van der Waals surface area contributed by atoms with E-state index < -0.39 is 0 Å². The highest BCUT2D eigenvalue weighted by Gasteiger charge is 2.12. The van der Waals surface area contributed by atoms with Crippen LogP contribution < -0.4 is 5.73 Å². The first-order valence-electron chi connectivity index (χ1n) is 5.95. The highest BCUT2D eigenvalue weighted by molar-refractivity contribution is 5.43. The number of nitrogens with two attached hydrogens (primary N) is 1. The molecule has 90 valence electrons. The lowest BCUT2D eigenvalue weighted by Crippen LogP contribution is -2.09. The van der Waals surface area contributed by atoms with Gasteiger partial charge in [-0.05, 0) is 24.0 Å². The number of rotatable bonds is 3. The average Bonchev–Trinajstić information content (AvgIpc) is 2.63. The Kier molecular flexibility index (Phi) is 3.18. The monoisotopic (exact) mass is 229 g/mol. The molecule has 0 aliphatic rings. The SMILES string of the molecule is Cc1ccccc1Cn1ncc(N)c1C(C)C. The number of aromatic nitrogens is 2. The van der Waals surface area contributed by atoms with Gasteiger partial charge in [0.15, 0.2) is 0 Å². The maximum Gasteiger partial charge on any atom is 0.0735 e. The number of hydrogen-bond acceptors (Lipinski definition) is 2. The van der Waals surface area contributed by atoms with Crippen LogP contribution in [0.15, 0.2) is 30.5 Å². The molecule has 0 unspecified atom stereocenters. The number of nitrogen functional groups attached to an aromatic ring is 1. The molecule has 17 heavy (non-hydrogen) atoms. The second-order valence-electron chi connectivity index (χ2n) is 4.72. The molecule has 2 rings (SSSR count). The maximum absolute atomic E-state index is 5.95. The number of benzene rings is 1. The molecule has 1 aromatic carbocycles. The molecule has 0 aliphatic heterocycles. The van der Waals surface area contributed by atoms with Crippen molar-refractivity contribution in [3.63, 3.8) is 0 Å². The standard InChI is InChI=1S/C14H19N3/c1-10(2)14-13(15)8-16-17(14)9-12-7-5-4-6-11(12)3/h4-8,10H,9,15H2,1-3H3. The molecule has 0 saturated carbocycles. The minimum absolute atomic E-state index is 0.390. The Morgan fingerprint density at radius 2 is 2.00 bits per heavy atom. The summed E-state index contributed by atoms with van der Waals surface area (Å²) >= 11 is 0. The van der Waals surface area contributed by atoms with Gasteiger partial charge in [0.1, 0.15) is 0 Å². The van der Waals surface area contributed by atoms with E-state index in [2.05, 4.69) is 50.1 Å². The number of aryl methyl sites for hydroxylation is 1. The van der Waals surface area contributed by atoms with E-state index in [1.807, 2.05) is 4.68 Å². The van der Waals surface area contributed by atoms with Crippen LogP contribution in [0.5, 0.6) is 0 Å². The van der Waals surface area contributed by atoms with Crippen molar-refractivity contribution in [3.05, 3.63) is 47.3 Å². The van der Waals surface area contributed by atoms with Crippen LogP contribution in [0, 0.1) is 6.92 Å². The van der Waals surface area contributed by atoms with E-state index in [1.165, 1.54) is 11.1 Å². The average molecular weight is 229 g/mol. The van der Waals surface area contributed by atoms with Gasteiger partial charge in [-0.15, -0.1) is 0 Å². The van der Waals surface area contributed by atoms with Gasteiger partial charge >= 0.3 is 0 Å². The van der Waals surface area contributed by atoms with Gasteiger partial charge in [-0.2, -0.15) is 5.10 Å². The molecule has 2 aromatic rings. The summed E-state index contributed by atoms with van der Waals surface area (Å²) in [4.78, 5) is 0. The summed E-state index contributed by atoms with van der Waals surface area (Å²) in [5, 5.41) is 4.37. The van der Waals surface area contributed by atoms with Gasteiger partial charge in [-0.3, -0.25) is 4.68 Å². The highest BCUT2D eigenvalue weighted by atomic mass is 15.3. The van der Waals surface area contributed by atoms with E-state index in [9.17, 15) is 0 Å². The van der Waals surface area contributed by atoms with Crippen molar-refractivity contribution in [1.29, 1.82) is 0 Å². The molecule has 0 radical (unpaired) electrons. The number of nitrogens with zero attached hydrogens (tertiary/aromatic N) is 2. The molecule has 1 aromatic heterocycles. The molecule has 0 aliphatic carbocycles. The van der Waals surface area contributed by atoms with E-state index in [0.29, 0.717) is 5.92 Å².